The predicted molar refractivity (Wildman–Crippen MR) is 129 cm³/mol. The Morgan fingerprint density at radius 2 is 2.07 bits per heavy atom. The molecule has 1 aromatic carbocycles. The van der Waals surface area contributed by atoms with Gasteiger partial charge in [0.1, 0.15) is 17.0 Å². The number of benzene rings is 1. The molecule has 30 heavy (non-hydrogen) atoms. The molecule has 0 aliphatic heterocycles. The molecule has 0 spiro atoms. The zero-order valence-electron chi connectivity index (χ0n) is 16.7. The number of methoxy groups -OCH3 is 1. The number of hydrogen-bond donors (Lipinski definition) is 3. The lowest BCUT2D eigenvalue weighted by Gasteiger charge is -2.14. The van der Waals surface area contributed by atoms with E-state index in [0.29, 0.717) is 46.2 Å². The number of aromatic nitrogens is 6. The summed E-state index contributed by atoms with van der Waals surface area (Å²) in [5.41, 5.74) is 2.40. The molecule has 0 amide bonds. The number of anilines is 3. The van der Waals surface area contributed by atoms with E-state index in [0.717, 1.165) is 11.4 Å². The molecule has 3 heterocycles. The zero-order chi connectivity index (χ0) is 21.4. The van der Waals surface area contributed by atoms with Crippen LogP contribution in [0.3, 0.4) is 0 Å². The van der Waals surface area contributed by atoms with Gasteiger partial charge in [-0.2, -0.15) is 0 Å². The number of H-pyrrole nitrogens is 1. The van der Waals surface area contributed by atoms with Crippen LogP contribution in [0.2, 0.25) is 0 Å². The van der Waals surface area contributed by atoms with Crippen molar-refractivity contribution in [2.24, 2.45) is 7.05 Å². The summed E-state index contributed by atoms with van der Waals surface area (Å²) in [4.78, 5) is 21.6. The van der Waals surface area contributed by atoms with Crippen LogP contribution in [-0.4, -0.2) is 43.5 Å². The molecule has 1 unspecified atom stereocenters. The summed E-state index contributed by atoms with van der Waals surface area (Å²) in [6.07, 6.45) is 0.457. The number of nitrogens with one attached hydrogen (secondary N) is 3. The van der Waals surface area contributed by atoms with Gasteiger partial charge >= 0.3 is 0 Å². The Hall–Kier alpha value is -2.66. The number of aryl methyl sites for hydroxylation is 2. The standard InChI is InChI=1S/C18H20IN8O2P/c1-9-21-16(25-27(9)30-19)10-6-5-7-11(15(10)29-4)22-12-8-13(20-2)23-17-14(12)18(28)26(3)24-17/h5-8,30H,1-4H3,(H3,20,22,23,24). The molecule has 0 fully saturated rings. The molecule has 0 saturated carbocycles. The molecule has 0 bridgehead atoms. The van der Waals surface area contributed by atoms with Crippen molar-refractivity contribution in [2.45, 2.75) is 6.92 Å². The van der Waals surface area contributed by atoms with Crippen molar-refractivity contribution < 1.29 is 4.74 Å². The van der Waals surface area contributed by atoms with E-state index in [-0.39, 0.29) is 5.56 Å². The summed E-state index contributed by atoms with van der Waals surface area (Å²) in [5.74, 6) is 2.64. The van der Waals surface area contributed by atoms with E-state index >= 15 is 0 Å². The fourth-order valence-electron chi connectivity index (χ4n) is 3.21. The van der Waals surface area contributed by atoms with Crippen LogP contribution in [0.25, 0.3) is 22.4 Å². The second kappa shape index (κ2) is 8.23. The third-order valence-electron chi connectivity index (χ3n) is 4.65. The number of pyridine rings is 1. The van der Waals surface area contributed by atoms with Gasteiger partial charge in [-0.25, -0.2) is 14.4 Å². The van der Waals surface area contributed by atoms with Gasteiger partial charge in [-0.15, -0.1) is 5.10 Å². The van der Waals surface area contributed by atoms with Gasteiger partial charge in [-0.1, -0.05) is 6.07 Å². The van der Waals surface area contributed by atoms with Gasteiger partial charge in [0.25, 0.3) is 5.56 Å². The zero-order valence-corrected chi connectivity index (χ0v) is 19.9. The average molecular weight is 538 g/mol. The first-order valence-electron chi connectivity index (χ1n) is 8.99. The van der Waals surface area contributed by atoms with Crippen molar-refractivity contribution in [3.8, 4) is 17.1 Å². The predicted octanol–water partition coefficient (Wildman–Crippen LogP) is 3.41. The third kappa shape index (κ3) is 3.52. The van der Waals surface area contributed by atoms with Crippen LogP contribution < -0.4 is 20.9 Å². The van der Waals surface area contributed by atoms with Gasteiger partial charge < -0.3 is 15.4 Å². The molecule has 0 saturated heterocycles. The van der Waals surface area contributed by atoms with E-state index in [1.165, 1.54) is 4.68 Å². The molecule has 1 atom stereocenters. The number of fused-ring (bicyclic) bond motifs is 1. The van der Waals surface area contributed by atoms with Gasteiger partial charge in [-0.3, -0.25) is 14.6 Å². The highest BCUT2D eigenvalue weighted by Crippen LogP contribution is 2.38. The monoisotopic (exact) mass is 538 g/mol. The normalized spacial score (nSPS) is 11.5. The molecule has 3 N–H and O–H groups in total. The first kappa shape index (κ1) is 20.6. The van der Waals surface area contributed by atoms with Crippen LogP contribution in [0, 0.1) is 6.92 Å². The van der Waals surface area contributed by atoms with E-state index in [4.69, 9.17) is 4.74 Å². The van der Waals surface area contributed by atoms with E-state index in [2.05, 4.69) is 52.8 Å². The Morgan fingerprint density at radius 3 is 2.73 bits per heavy atom. The van der Waals surface area contributed by atoms with Crippen molar-refractivity contribution in [1.82, 2.24) is 29.3 Å². The Balaban J connectivity index is 1.85. The maximum Gasteiger partial charge on any atom is 0.277 e. The van der Waals surface area contributed by atoms with Gasteiger partial charge in [-0.05, 0) is 41.1 Å². The van der Waals surface area contributed by atoms with E-state index in [1.54, 1.807) is 27.3 Å². The lowest BCUT2D eigenvalue weighted by atomic mass is 10.1. The number of para-hydroxylation sites is 1. The molecule has 4 rings (SSSR count). The third-order valence-corrected chi connectivity index (χ3v) is 6.60. The molecular formula is C18H20IN8O2P. The Kier molecular flexibility index (Phi) is 5.65. The van der Waals surface area contributed by atoms with Crippen LogP contribution in [-0.2, 0) is 7.05 Å². The fraction of sp³-hybridized carbons (Fsp3) is 0.222. The number of ether oxygens (including phenoxy) is 1. The highest BCUT2D eigenvalue weighted by Gasteiger charge is 2.19. The maximum absolute atomic E-state index is 12.6. The number of aromatic amines is 1. The number of rotatable bonds is 6. The summed E-state index contributed by atoms with van der Waals surface area (Å²) in [6.45, 7) is 1.92. The summed E-state index contributed by atoms with van der Waals surface area (Å²) < 4.78 is 8.97. The van der Waals surface area contributed by atoms with Gasteiger partial charge in [0.05, 0.1) is 30.4 Å². The first-order valence-corrected chi connectivity index (χ1v) is 13.0. The van der Waals surface area contributed by atoms with Crippen molar-refractivity contribution >= 4 is 56.6 Å². The lowest BCUT2D eigenvalue weighted by Crippen LogP contribution is -2.12. The largest absolute Gasteiger partial charge is 0.494 e. The van der Waals surface area contributed by atoms with E-state index in [1.807, 2.05) is 29.6 Å². The van der Waals surface area contributed by atoms with Crippen molar-refractivity contribution in [3.05, 3.63) is 40.4 Å². The summed E-state index contributed by atoms with van der Waals surface area (Å²) in [7, 11) is 5.04. The van der Waals surface area contributed by atoms with E-state index in [9.17, 15) is 4.79 Å². The fourth-order valence-corrected chi connectivity index (χ4v) is 4.88. The molecule has 10 nitrogen and oxygen atoms in total. The molecular weight excluding hydrogens is 518 g/mol. The summed E-state index contributed by atoms with van der Waals surface area (Å²) >= 11 is 2.27. The van der Waals surface area contributed by atoms with Crippen molar-refractivity contribution in [1.29, 1.82) is 0 Å². The number of hydrogen-bond acceptors (Lipinski definition) is 7. The van der Waals surface area contributed by atoms with Gasteiger partial charge in [0, 0.05) is 20.2 Å². The lowest BCUT2D eigenvalue weighted by molar-refractivity contribution is 0.418. The van der Waals surface area contributed by atoms with E-state index < -0.39 is 0 Å². The topological polar surface area (TPSA) is 115 Å². The number of nitrogens with zero attached hydrogens (tertiary/aromatic N) is 5. The molecule has 0 radical (unpaired) electrons. The SMILES string of the molecule is CNc1cc(Nc2cccc(-c3nc(C)n(PI)n3)c2OC)c2c(=O)n(C)[nH]c2n1. The highest BCUT2D eigenvalue weighted by atomic mass is 127. The average Bonchev–Trinajstić information content (AvgIpc) is 3.26. The maximum atomic E-state index is 12.6. The second-order valence-electron chi connectivity index (χ2n) is 6.49. The molecule has 3 aromatic heterocycles. The van der Waals surface area contributed by atoms with Crippen LogP contribution in [0.1, 0.15) is 5.82 Å². The smallest absolute Gasteiger partial charge is 0.277 e. The number of halogens is 1. The molecule has 156 valence electrons. The van der Waals surface area contributed by atoms with Crippen LogP contribution in [0.4, 0.5) is 17.2 Å². The molecule has 4 aromatic rings. The van der Waals surface area contributed by atoms with Crippen LogP contribution >= 0.6 is 28.4 Å². The molecule has 0 aliphatic carbocycles. The second-order valence-corrected chi connectivity index (χ2v) is 8.53. The molecule has 0 aliphatic rings. The Morgan fingerprint density at radius 1 is 1.27 bits per heavy atom. The van der Waals surface area contributed by atoms with Gasteiger partial charge in [0.2, 0.25) is 0 Å². The van der Waals surface area contributed by atoms with Gasteiger partial charge in [0.15, 0.2) is 17.2 Å². The minimum Gasteiger partial charge on any atom is -0.494 e. The van der Waals surface area contributed by atoms with Crippen molar-refractivity contribution in [3.63, 3.8) is 0 Å². The first-order chi connectivity index (χ1) is 14.5. The minimum absolute atomic E-state index is 0.170. The summed E-state index contributed by atoms with van der Waals surface area (Å²) in [6, 6.07) is 7.48. The summed E-state index contributed by atoms with van der Waals surface area (Å²) in [5, 5.41) is 14.4. The Bertz CT molecular complexity index is 1300. The minimum atomic E-state index is -0.170. The van der Waals surface area contributed by atoms with Crippen LogP contribution in [0.15, 0.2) is 29.1 Å². The van der Waals surface area contributed by atoms with Crippen LogP contribution in [0.5, 0.6) is 5.75 Å². The quantitative estimate of drug-likeness (QED) is 0.255. The Labute approximate surface area is 186 Å². The van der Waals surface area contributed by atoms with Crippen molar-refractivity contribution in [2.75, 3.05) is 24.8 Å². The molecule has 12 heteroatoms. The highest BCUT2D eigenvalue weighted by molar-refractivity contribution is 14.2.